The Hall–Kier alpha value is -3.42. The molecule has 2 aromatic rings. The Balaban J connectivity index is 1.77. The summed E-state index contributed by atoms with van der Waals surface area (Å²) in [5.74, 6) is 0.0869. The van der Waals surface area contributed by atoms with Gasteiger partial charge in [-0.05, 0) is 23.1 Å². The zero-order valence-electron chi connectivity index (χ0n) is 18.1. The van der Waals surface area contributed by atoms with Crippen LogP contribution in [0.4, 0.5) is 16.2 Å². The number of benzene rings is 2. The molecule has 1 unspecified atom stereocenters. The molecule has 8 heteroatoms. The van der Waals surface area contributed by atoms with Crippen LogP contribution in [0.2, 0.25) is 0 Å². The summed E-state index contributed by atoms with van der Waals surface area (Å²) in [7, 11) is 0. The largest absolute Gasteiger partial charge is 0.338 e. The molecule has 0 spiro atoms. The maximum atomic E-state index is 13.1. The minimum atomic E-state index is -0.481. The van der Waals surface area contributed by atoms with Gasteiger partial charge in [0.15, 0.2) is 0 Å². The zero-order chi connectivity index (χ0) is 22.6. The highest BCUT2D eigenvalue weighted by molar-refractivity contribution is 5.90. The van der Waals surface area contributed by atoms with Crippen molar-refractivity contribution in [3.8, 4) is 0 Å². The molecule has 0 bridgehead atoms. The van der Waals surface area contributed by atoms with E-state index < -0.39 is 4.92 Å². The van der Waals surface area contributed by atoms with Gasteiger partial charge in [-0.15, -0.1) is 0 Å². The van der Waals surface area contributed by atoms with E-state index in [1.165, 1.54) is 24.3 Å². The van der Waals surface area contributed by atoms with Crippen LogP contribution < -0.4 is 5.32 Å². The van der Waals surface area contributed by atoms with Gasteiger partial charge in [0.2, 0.25) is 5.91 Å². The lowest BCUT2D eigenvalue weighted by atomic mass is 9.91. The van der Waals surface area contributed by atoms with Crippen molar-refractivity contribution >= 4 is 23.3 Å². The van der Waals surface area contributed by atoms with Gasteiger partial charge in [0.05, 0.1) is 11.0 Å². The summed E-state index contributed by atoms with van der Waals surface area (Å²) in [5.41, 5.74) is 1.29. The van der Waals surface area contributed by atoms with Gasteiger partial charge >= 0.3 is 6.03 Å². The Labute approximate surface area is 182 Å². The zero-order valence-corrected chi connectivity index (χ0v) is 18.1. The fourth-order valence-corrected chi connectivity index (χ4v) is 3.64. The molecule has 1 fully saturated rings. The predicted octanol–water partition coefficient (Wildman–Crippen LogP) is 4.45. The molecule has 1 heterocycles. The molecule has 31 heavy (non-hydrogen) atoms. The number of nitrogens with one attached hydrogen (secondary N) is 1. The van der Waals surface area contributed by atoms with Gasteiger partial charge in [0.1, 0.15) is 0 Å². The van der Waals surface area contributed by atoms with Gasteiger partial charge in [-0.25, -0.2) is 4.79 Å². The lowest BCUT2D eigenvalue weighted by Gasteiger charge is -2.42. The molecule has 0 saturated carbocycles. The van der Waals surface area contributed by atoms with Crippen LogP contribution in [0.1, 0.15) is 38.8 Å². The summed E-state index contributed by atoms with van der Waals surface area (Å²) >= 11 is 0. The number of carbonyl (C=O) groups excluding carboxylic acids is 2. The van der Waals surface area contributed by atoms with Crippen molar-refractivity contribution in [2.45, 2.75) is 33.2 Å². The van der Waals surface area contributed by atoms with E-state index in [1.807, 2.05) is 56.0 Å². The van der Waals surface area contributed by atoms with Crippen molar-refractivity contribution in [1.82, 2.24) is 9.80 Å². The van der Waals surface area contributed by atoms with Gasteiger partial charge in [-0.2, -0.15) is 0 Å². The summed E-state index contributed by atoms with van der Waals surface area (Å²) < 4.78 is 0. The smallest absolute Gasteiger partial charge is 0.322 e. The first kappa shape index (κ1) is 22.3. The average molecular weight is 425 g/mol. The summed E-state index contributed by atoms with van der Waals surface area (Å²) in [6, 6.07) is 14.8. The van der Waals surface area contributed by atoms with Gasteiger partial charge < -0.3 is 15.1 Å². The van der Waals surface area contributed by atoms with Gasteiger partial charge in [-0.1, -0.05) is 51.1 Å². The molecule has 1 atom stereocenters. The number of amides is 3. The van der Waals surface area contributed by atoms with E-state index in [1.54, 1.807) is 4.90 Å². The molecule has 0 radical (unpaired) electrons. The topological polar surface area (TPSA) is 95.8 Å². The highest BCUT2D eigenvalue weighted by Crippen LogP contribution is 2.28. The molecule has 2 aromatic carbocycles. The minimum absolute atomic E-state index is 0.0360. The van der Waals surface area contributed by atoms with Crippen LogP contribution in [0.5, 0.6) is 0 Å². The van der Waals surface area contributed by atoms with E-state index in [0.717, 1.165) is 5.56 Å². The maximum Gasteiger partial charge on any atom is 0.322 e. The third-order valence-corrected chi connectivity index (χ3v) is 5.19. The number of carbonyl (C=O) groups is 2. The van der Waals surface area contributed by atoms with Crippen LogP contribution in [0, 0.1) is 15.5 Å². The van der Waals surface area contributed by atoms with E-state index >= 15 is 0 Å². The summed E-state index contributed by atoms with van der Waals surface area (Å²) in [4.78, 5) is 39.8. The molecule has 1 aliphatic heterocycles. The van der Waals surface area contributed by atoms with E-state index in [-0.39, 0.29) is 29.1 Å². The SMILES string of the molecule is CC(C)(C)CC(=O)N1CCN(C(=O)Nc2ccc([N+](=O)[O-])cc2)C(c2ccccc2)C1. The third kappa shape index (κ3) is 5.81. The van der Waals surface area contributed by atoms with Crippen molar-refractivity contribution in [2.24, 2.45) is 5.41 Å². The van der Waals surface area contributed by atoms with Crippen LogP contribution >= 0.6 is 0 Å². The van der Waals surface area contributed by atoms with Gasteiger partial charge in [0, 0.05) is 43.9 Å². The second-order valence-corrected chi connectivity index (χ2v) is 8.93. The Morgan fingerprint density at radius 1 is 1.06 bits per heavy atom. The molecule has 8 nitrogen and oxygen atoms in total. The first-order chi connectivity index (χ1) is 14.6. The highest BCUT2D eigenvalue weighted by atomic mass is 16.6. The molecular weight excluding hydrogens is 396 g/mol. The van der Waals surface area contributed by atoms with Gasteiger partial charge in [0.25, 0.3) is 5.69 Å². The normalized spacial score (nSPS) is 16.7. The number of hydrogen-bond acceptors (Lipinski definition) is 4. The van der Waals surface area contributed by atoms with E-state index in [2.05, 4.69) is 5.32 Å². The molecular formula is C23H28N4O4. The Morgan fingerprint density at radius 2 is 1.71 bits per heavy atom. The summed E-state index contributed by atoms with van der Waals surface area (Å²) in [5, 5.41) is 13.7. The molecule has 1 N–H and O–H groups in total. The van der Waals surface area contributed by atoms with Crippen LogP contribution in [0.15, 0.2) is 54.6 Å². The number of piperazine rings is 1. The molecule has 3 amide bonds. The number of rotatable bonds is 4. The van der Waals surface area contributed by atoms with Crippen molar-refractivity contribution in [1.29, 1.82) is 0 Å². The van der Waals surface area contributed by atoms with Crippen molar-refractivity contribution in [3.63, 3.8) is 0 Å². The number of non-ortho nitro benzene ring substituents is 1. The van der Waals surface area contributed by atoms with E-state index in [9.17, 15) is 19.7 Å². The predicted molar refractivity (Wildman–Crippen MR) is 119 cm³/mol. The number of nitro groups is 1. The minimum Gasteiger partial charge on any atom is -0.338 e. The monoisotopic (exact) mass is 424 g/mol. The van der Waals surface area contributed by atoms with Gasteiger partial charge in [-0.3, -0.25) is 14.9 Å². The Bertz CT molecular complexity index is 938. The highest BCUT2D eigenvalue weighted by Gasteiger charge is 2.34. The maximum absolute atomic E-state index is 13.1. The molecule has 0 aliphatic carbocycles. The van der Waals surface area contributed by atoms with Crippen LogP contribution in [-0.4, -0.2) is 46.3 Å². The number of hydrogen-bond donors (Lipinski definition) is 1. The number of nitrogens with zero attached hydrogens (tertiary/aromatic N) is 3. The second kappa shape index (κ2) is 9.16. The summed E-state index contributed by atoms with van der Waals surface area (Å²) in [6.45, 7) is 7.39. The van der Waals surface area contributed by atoms with Crippen LogP contribution in [0.3, 0.4) is 0 Å². The number of urea groups is 1. The van der Waals surface area contributed by atoms with Crippen molar-refractivity contribution in [2.75, 3.05) is 25.0 Å². The average Bonchev–Trinajstić information content (AvgIpc) is 2.73. The third-order valence-electron chi connectivity index (χ3n) is 5.19. The van der Waals surface area contributed by atoms with E-state index in [0.29, 0.717) is 31.7 Å². The fourth-order valence-electron chi connectivity index (χ4n) is 3.64. The van der Waals surface area contributed by atoms with E-state index in [4.69, 9.17) is 0 Å². The first-order valence-corrected chi connectivity index (χ1v) is 10.3. The van der Waals surface area contributed by atoms with Crippen LogP contribution in [-0.2, 0) is 4.79 Å². The lowest BCUT2D eigenvalue weighted by Crippen LogP contribution is -2.53. The quantitative estimate of drug-likeness (QED) is 0.579. The number of nitro benzene ring substituents is 1. The first-order valence-electron chi connectivity index (χ1n) is 10.3. The van der Waals surface area contributed by atoms with Crippen LogP contribution in [0.25, 0.3) is 0 Å². The molecule has 3 rings (SSSR count). The summed E-state index contributed by atoms with van der Waals surface area (Å²) in [6.07, 6.45) is 0.448. The molecule has 1 aliphatic rings. The second-order valence-electron chi connectivity index (χ2n) is 8.93. The Kier molecular flexibility index (Phi) is 6.58. The molecule has 164 valence electrons. The molecule has 1 saturated heterocycles. The molecule has 0 aromatic heterocycles. The fraction of sp³-hybridized carbons (Fsp3) is 0.391. The standard InChI is InChI=1S/C23H28N4O4/c1-23(2,3)15-21(28)25-13-14-26(20(16-25)17-7-5-4-6-8-17)22(29)24-18-9-11-19(12-10-18)27(30)31/h4-12,20H,13-16H2,1-3H3,(H,24,29). The Morgan fingerprint density at radius 3 is 2.29 bits per heavy atom. The lowest BCUT2D eigenvalue weighted by molar-refractivity contribution is -0.384. The van der Waals surface area contributed by atoms with Crippen molar-refractivity contribution in [3.05, 3.63) is 70.3 Å². The van der Waals surface area contributed by atoms with Crippen molar-refractivity contribution < 1.29 is 14.5 Å². The number of anilines is 1.